The highest BCUT2D eigenvalue weighted by Crippen LogP contribution is 2.39. The molecule has 3 heterocycles. The van der Waals surface area contributed by atoms with Gasteiger partial charge in [-0.25, -0.2) is 0 Å². The van der Waals surface area contributed by atoms with E-state index in [2.05, 4.69) is 0 Å². The topological polar surface area (TPSA) is 63.7 Å². The Kier molecular flexibility index (Phi) is 4.23. The van der Waals surface area contributed by atoms with Gasteiger partial charge in [0.15, 0.2) is 5.43 Å². The van der Waals surface area contributed by atoms with Crippen LogP contribution in [-0.4, -0.2) is 10.8 Å². The molecule has 2 aromatic carbocycles. The van der Waals surface area contributed by atoms with Gasteiger partial charge in [-0.3, -0.25) is 9.59 Å². The van der Waals surface area contributed by atoms with Crippen molar-refractivity contribution in [3.63, 3.8) is 0 Å². The first kappa shape index (κ1) is 18.0. The van der Waals surface area contributed by atoms with E-state index in [1.54, 1.807) is 53.4 Å². The standard InChI is InChI=1S/C22H13Cl2NO4/c23-13-4-1-3-12(9-13)19-18-20(26)16-10-14(24)6-7-17(16)29-21(18)22(27)25(19)11-15-5-2-8-28-15/h1-10,19H,11H2/t19-/m1/s1. The number of amides is 1. The van der Waals surface area contributed by atoms with Crippen molar-refractivity contribution in [1.29, 1.82) is 0 Å². The van der Waals surface area contributed by atoms with Crippen LogP contribution in [0.15, 0.2) is 74.5 Å². The summed E-state index contributed by atoms with van der Waals surface area (Å²) in [6.45, 7) is 0.184. The van der Waals surface area contributed by atoms with Gasteiger partial charge in [0.1, 0.15) is 11.3 Å². The first-order valence-corrected chi connectivity index (χ1v) is 9.63. The maximum absolute atomic E-state index is 13.4. The van der Waals surface area contributed by atoms with Crippen LogP contribution in [0.2, 0.25) is 10.0 Å². The molecule has 0 radical (unpaired) electrons. The summed E-state index contributed by atoms with van der Waals surface area (Å²) >= 11 is 12.3. The van der Waals surface area contributed by atoms with Crippen molar-refractivity contribution < 1.29 is 13.6 Å². The third kappa shape index (κ3) is 2.94. The number of carbonyl (C=O) groups excluding carboxylic acids is 1. The van der Waals surface area contributed by atoms with Crippen LogP contribution in [0.3, 0.4) is 0 Å². The Morgan fingerprint density at radius 2 is 1.79 bits per heavy atom. The fraction of sp³-hybridized carbons (Fsp3) is 0.0909. The zero-order valence-corrected chi connectivity index (χ0v) is 16.4. The van der Waals surface area contributed by atoms with Gasteiger partial charge in [0, 0.05) is 10.0 Å². The second-order valence-electron chi connectivity index (χ2n) is 6.78. The van der Waals surface area contributed by atoms with Crippen molar-refractivity contribution >= 4 is 40.1 Å². The van der Waals surface area contributed by atoms with E-state index in [9.17, 15) is 9.59 Å². The van der Waals surface area contributed by atoms with E-state index in [-0.39, 0.29) is 29.2 Å². The second-order valence-corrected chi connectivity index (χ2v) is 7.66. The summed E-state index contributed by atoms with van der Waals surface area (Å²) in [5.41, 5.74) is 1.02. The first-order valence-electron chi connectivity index (χ1n) is 8.88. The predicted octanol–water partition coefficient (Wildman–Crippen LogP) is 5.44. The van der Waals surface area contributed by atoms with E-state index in [4.69, 9.17) is 32.0 Å². The summed E-state index contributed by atoms with van der Waals surface area (Å²) in [7, 11) is 0. The van der Waals surface area contributed by atoms with Gasteiger partial charge >= 0.3 is 0 Å². The smallest absolute Gasteiger partial charge is 0.291 e. The molecular weight excluding hydrogens is 413 g/mol. The molecule has 1 atom stereocenters. The summed E-state index contributed by atoms with van der Waals surface area (Å²) in [6.07, 6.45) is 1.54. The summed E-state index contributed by atoms with van der Waals surface area (Å²) < 4.78 is 11.3. The lowest BCUT2D eigenvalue weighted by Gasteiger charge is -2.24. The van der Waals surface area contributed by atoms with Gasteiger partial charge in [-0.2, -0.15) is 0 Å². The van der Waals surface area contributed by atoms with Gasteiger partial charge < -0.3 is 13.7 Å². The highest BCUT2D eigenvalue weighted by Gasteiger charge is 2.43. The highest BCUT2D eigenvalue weighted by atomic mass is 35.5. The van der Waals surface area contributed by atoms with Gasteiger partial charge in [0.2, 0.25) is 5.76 Å². The molecule has 0 saturated heterocycles. The second kappa shape index (κ2) is 6.79. The Balaban J connectivity index is 1.77. The Morgan fingerprint density at radius 3 is 2.55 bits per heavy atom. The van der Waals surface area contributed by atoms with Crippen LogP contribution in [0.5, 0.6) is 0 Å². The monoisotopic (exact) mass is 425 g/mol. The van der Waals surface area contributed by atoms with Crippen molar-refractivity contribution in [3.8, 4) is 0 Å². The normalized spacial score (nSPS) is 15.9. The molecule has 144 valence electrons. The van der Waals surface area contributed by atoms with E-state index in [0.29, 0.717) is 32.3 Å². The summed E-state index contributed by atoms with van der Waals surface area (Å²) in [6, 6.07) is 14.7. The van der Waals surface area contributed by atoms with Crippen LogP contribution in [-0.2, 0) is 6.54 Å². The number of hydrogen-bond acceptors (Lipinski definition) is 4. The Morgan fingerprint density at radius 1 is 0.966 bits per heavy atom. The Labute approximate surface area is 175 Å². The van der Waals surface area contributed by atoms with Crippen LogP contribution in [0.1, 0.15) is 33.5 Å². The number of rotatable bonds is 3. The van der Waals surface area contributed by atoms with E-state index >= 15 is 0 Å². The lowest BCUT2D eigenvalue weighted by Crippen LogP contribution is -2.29. The van der Waals surface area contributed by atoms with Crippen molar-refractivity contribution in [3.05, 3.63) is 104 Å². The van der Waals surface area contributed by atoms with Gasteiger partial charge in [-0.15, -0.1) is 0 Å². The molecule has 0 fully saturated rings. The molecule has 1 aliphatic rings. The molecular formula is C22H13Cl2NO4. The molecule has 0 saturated carbocycles. The number of furan rings is 1. The largest absolute Gasteiger partial charge is 0.467 e. The third-order valence-corrected chi connectivity index (χ3v) is 5.47. The zero-order valence-electron chi connectivity index (χ0n) is 14.9. The van der Waals surface area contributed by atoms with E-state index < -0.39 is 6.04 Å². The number of hydrogen-bond donors (Lipinski definition) is 0. The molecule has 0 spiro atoms. The van der Waals surface area contributed by atoms with Crippen molar-refractivity contribution in [1.82, 2.24) is 4.90 Å². The van der Waals surface area contributed by atoms with E-state index in [1.165, 1.54) is 6.26 Å². The fourth-order valence-corrected chi connectivity index (χ4v) is 4.12. The van der Waals surface area contributed by atoms with Crippen LogP contribution in [0.25, 0.3) is 11.0 Å². The molecule has 1 aliphatic heterocycles. The fourth-order valence-electron chi connectivity index (χ4n) is 3.75. The molecule has 0 N–H and O–H groups in total. The van der Waals surface area contributed by atoms with E-state index in [1.807, 2.05) is 6.07 Å². The Hall–Kier alpha value is -3.02. The minimum absolute atomic E-state index is 0.0290. The molecule has 1 amide bonds. The molecule has 0 aliphatic carbocycles. The van der Waals surface area contributed by atoms with Gasteiger partial charge in [-0.1, -0.05) is 35.3 Å². The number of carbonyl (C=O) groups is 1. The lowest BCUT2D eigenvalue weighted by molar-refractivity contribution is 0.0701. The maximum atomic E-state index is 13.4. The van der Waals surface area contributed by atoms with Gasteiger partial charge in [-0.05, 0) is 48.0 Å². The van der Waals surface area contributed by atoms with Gasteiger partial charge in [0.25, 0.3) is 5.91 Å². The van der Waals surface area contributed by atoms with Crippen molar-refractivity contribution in [2.24, 2.45) is 0 Å². The maximum Gasteiger partial charge on any atom is 0.291 e. The van der Waals surface area contributed by atoms with Crippen LogP contribution in [0.4, 0.5) is 0 Å². The zero-order chi connectivity index (χ0) is 20.1. The number of benzene rings is 2. The molecule has 4 aromatic rings. The van der Waals surface area contributed by atoms with Gasteiger partial charge in [0.05, 0.1) is 29.8 Å². The molecule has 5 nitrogen and oxygen atoms in total. The summed E-state index contributed by atoms with van der Waals surface area (Å²) in [4.78, 5) is 28.2. The average molecular weight is 426 g/mol. The summed E-state index contributed by atoms with van der Waals surface area (Å²) in [5, 5.41) is 1.26. The van der Waals surface area contributed by atoms with E-state index in [0.717, 1.165) is 0 Å². The number of halogens is 2. The number of nitrogens with zero attached hydrogens (tertiary/aromatic N) is 1. The quantitative estimate of drug-likeness (QED) is 0.438. The first-order chi connectivity index (χ1) is 14.0. The summed E-state index contributed by atoms with van der Waals surface area (Å²) in [5.74, 6) is 0.245. The molecule has 29 heavy (non-hydrogen) atoms. The SMILES string of the molecule is O=C1c2oc3ccc(Cl)cc3c(=O)c2[C@@H](c2cccc(Cl)c2)N1Cc1ccco1. The minimum Gasteiger partial charge on any atom is -0.467 e. The predicted molar refractivity (Wildman–Crippen MR) is 109 cm³/mol. The molecule has 2 aromatic heterocycles. The molecule has 5 rings (SSSR count). The van der Waals surface area contributed by atoms with Crippen LogP contribution < -0.4 is 5.43 Å². The molecule has 7 heteroatoms. The highest BCUT2D eigenvalue weighted by molar-refractivity contribution is 6.31. The van der Waals surface area contributed by atoms with Crippen LogP contribution in [0, 0.1) is 0 Å². The molecule has 0 unspecified atom stereocenters. The minimum atomic E-state index is -0.652. The lowest BCUT2D eigenvalue weighted by atomic mass is 9.98. The van der Waals surface area contributed by atoms with Crippen LogP contribution >= 0.6 is 23.2 Å². The Bertz CT molecular complexity index is 1310. The molecule has 0 bridgehead atoms. The number of fused-ring (bicyclic) bond motifs is 2. The third-order valence-electron chi connectivity index (χ3n) is 5.00. The van der Waals surface area contributed by atoms with Crippen molar-refractivity contribution in [2.45, 2.75) is 12.6 Å². The average Bonchev–Trinajstić information content (AvgIpc) is 3.31. The van der Waals surface area contributed by atoms with Crippen molar-refractivity contribution in [2.75, 3.05) is 0 Å².